The maximum Gasteiger partial charge on any atom is 0.151 e. The van der Waals surface area contributed by atoms with E-state index in [0.29, 0.717) is 6.04 Å². The second-order valence-corrected chi connectivity index (χ2v) is 4.68. The van der Waals surface area contributed by atoms with E-state index in [1.165, 1.54) is 11.3 Å². The Morgan fingerprint density at radius 1 is 1.44 bits per heavy atom. The third kappa shape index (κ3) is 2.26. The number of hydrogen-bond acceptors (Lipinski definition) is 4. The molecule has 18 heavy (non-hydrogen) atoms. The molecular weight excluding hydrogens is 226 g/mol. The summed E-state index contributed by atoms with van der Waals surface area (Å²) in [6.45, 7) is 0.894. The maximum atomic E-state index is 4.47. The van der Waals surface area contributed by atoms with Gasteiger partial charge in [0.2, 0.25) is 0 Å². The predicted molar refractivity (Wildman–Crippen MR) is 68.0 cm³/mol. The molecule has 0 aromatic carbocycles. The van der Waals surface area contributed by atoms with Gasteiger partial charge in [-0.25, -0.2) is 4.98 Å². The zero-order chi connectivity index (χ0) is 12.4. The molecule has 1 N–H and O–H groups in total. The van der Waals surface area contributed by atoms with Gasteiger partial charge in [0.15, 0.2) is 5.82 Å². The van der Waals surface area contributed by atoms with Gasteiger partial charge >= 0.3 is 0 Å². The van der Waals surface area contributed by atoms with Crippen LogP contribution in [0.3, 0.4) is 0 Å². The van der Waals surface area contributed by atoms with Crippen LogP contribution >= 0.6 is 0 Å². The number of hydrogen-bond donors (Lipinski definition) is 1. The van der Waals surface area contributed by atoms with Gasteiger partial charge in [-0.05, 0) is 24.5 Å². The number of aromatic nitrogens is 4. The van der Waals surface area contributed by atoms with Crippen LogP contribution in [-0.2, 0) is 19.9 Å². The fourth-order valence-electron chi connectivity index (χ4n) is 2.47. The number of pyridine rings is 1. The Morgan fingerprint density at radius 3 is 3.22 bits per heavy atom. The fraction of sp³-hybridized carbons (Fsp3) is 0.462. The number of aryl methyl sites for hydroxylation is 2. The van der Waals surface area contributed by atoms with Crippen LogP contribution in [0.4, 0.5) is 0 Å². The van der Waals surface area contributed by atoms with Gasteiger partial charge in [-0.1, -0.05) is 6.07 Å². The summed E-state index contributed by atoms with van der Waals surface area (Å²) in [5.74, 6) is 0.893. The Labute approximate surface area is 106 Å². The summed E-state index contributed by atoms with van der Waals surface area (Å²) in [6.07, 6.45) is 6.74. The lowest BCUT2D eigenvalue weighted by molar-refractivity contribution is 0.520. The highest BCUT2D eigenvalue weighted by Gasteiger charge is 2.22. The lowest BCUT2D eigenvalue weighted by Gasteiger charge is -2.11. The van der Waals surface area contributed by atoms with Gasteiger partial charge in [-0.15, -0.1) is 0 Å². The smallest absolute Gasteiger partial charge is 0.151 e. The van der Waals surface area contributed by atoms with E-state index >= 15 is 0 Å². The summed E-state index contributed by atoms with van der Waals surface area (Å²) >= 11 is 0. The van der Waals surface area contributed by atoms with E-state index in [9.17, 15) is 0 Å². The minimum atomic E-state index is 0.393. The van der Waals surface area contributed by atoms with E-state index in [1.54, 1.807) is 11.0 Å². The molecule has 2 aromatic rings. The van der Waals surface area contributed by atoms with Crippen LogP contribution in [0.15, 0.2) is 24.7 Å². The number of nitrogens with zero attached hydrogens (tertiary/aromatic N) is 4. The average molecular weight is 243 g/mol. The zero-order valence-electron chi connectivity index (χ0n) is 10.5. The Balaban J connectivity index is 1.56. The molecule has 1 unspecified atom stereocenters. The fourth-order valence-corrected chi connectivity index (χ4v) is 2.47. The molecule has 0 saturated carbocycles. The van der Waals surface area contributed by atoms with Crippen molar-refractivity contribution in [2.45, 2.75) is 25.3 Å². The Morgan fingerprint density at radius 2 is 2.39 bits per heavy atom. The second kappa shape index (κ2) is 4.86. The first-order chi connectivity index (χ1) is 8.83. The standard InChI is InChI=1S/C13H17N5/c1-18-9-16-12(17-18)6-8-14-11-5-4-10-3-2-7-15-13(10)11/h2-3,7,9,11,14H,4-6,8H2,1H3. The molecule has 1 atom stereocenters. The van der Waals surface area contributed by atoms with Crippen LogP contribution in [0.25, 0.3) is 0 Å². The van der Waals surface area contributed by atoms with Gasteiger partial charge in [-0.2, -0.15) is 5.10 Å². The first-order valence-corrected chi connectivity index (χ1v) is 6.34. The summed E-state index contributed by atoms with van der Waals surface area (Å²) in [4.78, 5) is 8.69. The molecule has 0 aliphatic heterocycles. The molecule has 0 saturated heterocycles. The molecule has 0 bridgehead atoms. The molecule has 2 heterocycles. The van der Waals surface area contributed by atoms with E-state index in [2.05, 4.69) is 26.4 Å². The molecule has 1 aliphatic rings. The quantitative estimate of drug-likeness (QED) is 0.871. The monoisotopic (exact) mass is 243 g/mol. The van der Waals surface area contributed by atoms with Gasteiger partial charge in [0.1, 0.15) is 6.33 Å². The highest BCUT2D eigenvalue weighted by molar-refractivity contribution is 5.27. The summed E-state index contributed by atoms with van der Waals surface area (Å²) in [7, 11) is 1.89. The SMILES string of the molecule is Cn1cnc(CCNC2CCc3cccnc32)n1. The van der Waals surface area contributed by atoms with Crippen LogP contribution in [0, 0.1) is 0 Å². The van der Waals surface area contributed by atoms with E-state index in [0.717, 1.165) is 31.6 Å². The summed E-state index contributed by atoms with van der Waals surface area (Å²) in [6, 6.07) is 4.58. The highest BCUT2D eigenvalue weighted by atomic mass is 15.3. The van der Waals surface area contributed by atoms with Crippen LogP contribution in [0.5, 0.6) is 0 Å². The predicted octanol–water partition coefficient (Wildman–Crippen LogP) is 1.03. The minimum Gasteiger partial charge on any atom is -0.308 e. The molecule has 0 radical (unpaired) electrons. The lowest BCUT2D eigenvalue weighted by Crippen LogP contribution is -2.23. The van der Waals surface area contributed by atoms with Gasteiger partial charge in [0.05, 0.1) is 11.7 Å². The van der Waals surface area contributed by atoms with Crippen molar-refractivity contribution < 1.29 is 0 Å². The topological polar surface area (TPSA) is 55.6 Å². The molecule has 0 spiro atoms. The molecule has 3 rings (SSSR count). The number of nitrogens with one attached hydrogen (secondary N) is 1. The van der Waals surface area contributed by atoms with Crippen molar-refractivity contribution in [1.82, 2.24) is 25.1 Å². The number of rotatable bonds is 4. The van der Waals surface area contributed by atoms with Crippen molar-refractivity contribution in [3.05, 3.63) is 41.7 Å². The van der Waals surface area contributed by atoms with E-state index in [1.807, 2.05) is 19.3 Å². The molecule has 0 amide bonds. The van der Waals surface area contributed by atoms with Crippen LogP contribution in [0.1, 0.15) is 29.5 Å². The van der Waals surface area contributed by atoms with Gasteiger partial charge in [-0.3, -0.25) is 9.67 Å². The third-order valence-electron chi connectivity index (χ3n) is 3.34. The van der Waals surface area contributed by atoms with Crippen molar-refractivity contribution >= 4 is 0 Å². The zero-order valence-corrected chi connectivity index (χ0v) is 10.5. The molecule has 1 aliphatic carbocycles. The van der Waals surface area contributed by atoms with Crippen molar-refractivity contribution in [3.8, 4) is 0 Å². The maximum absolute atomic E-state index is 4.47. The third-order valence-corrected chi connectivity index (χ3v) is 3.34. The van der Waals surface area contributed by atoms with Crippen molar-refractivity contribution in [3.63, 3.8) is 0 Å². The van der Waals surface area contributed by atoms with Gasteiger partial charge in [0, 0.05) is 26.2 Å². The Hall–Kier alpha value is -1.75. The van der Waals surface area contributed by atoms with Crippen molar-refractivity contribution in [1.29, 1.82) is 0 Å². The summed E-state index contributed by atoms with van der Waals surface area (Å²) in [5.41, 5.74) is 2.59. The molecule has 0 fully saturated rings. The van der Waals surface area contributed by atoms with Gasteiger partial charge in [0.25, 0.3) is 0 Å². The summed E-state index contributed by atoms with van der Waals surface area (Å²) in [5, 5.41) is 7.81. The highest BCUT2D eigenvalue weighted by Crippen LogP contribution is 2.28. The van der Waals surface area contributed by atoms with E-state index < -0.39 is 0 Å². The Bertz CT molecular complexity index is 534. The van der Waals surface area contributed by atoms with E-state index in [4.69, 9.17) is 0 Å². The molecule has 5 nitrogen and oxygen atoms in total. The summed E-state index contributed by atoms with van der Waals surface area (Å²) < 4.78 is 1.74. The second-order valence-electron chi connectivity index (χ2n) is 4.68. The molecule has 2 aromatic heterocycles. The van der Waals surface area contributed by atoms with Crippen LogP contribution < -0.4 is 5.32 Å². The van der Waals surface area contributed by atoms with Crippen molar-refractivity contribution in [2.24, 2.45) is 7.05 Å². The van der Waals surface area contributed by atoms with Crippen molar-refractivity contribution in [2.75, 3.05) is 6.54 Å². The molecule has 94 valence electrons. The van der Waals surface area contributed by atoms with Gasteiger partial charge < -0.3 is 5.32 Å². The first kappa shape index (κ1) is 11.3. The van der Waals surface area contributed by atoms with E-state index in [-0.39, 0.29) is 0 Å². The normalized spacial score (nSPS) is 17.9. The molecular formula is C13H17N5. The lowest BCUT2D eigenvalue weighted by atomic mass is 10.2. The van der Waals surface area contributed by atoms with Crippen LogP contribution in [0.2, 0.25) is 0 Å². The minimum absolute atomic E-state index is 0.393. The Kier molecular flexibility index (Phi) is 3.06. The average Bonchev–Trinajstić information content (AvgIpc) is 2.97. The largest absolute Gasteiger partial charge is 0.308 e. The molecule has 5 heteroatoms. The van der Waals surface area contributed by atoms with Crippen LogP contribution in [-0.4, -0.2) is 26.3 Å². The number of fused-ring (bicyclic) bond motifs is 1. The first-order valence-electron chi connectivity index (χ1n) is 6.34.